The van der Waals surface area contributed by atoms with Crippen molar-refractivity contribution in [3.8, 4) is 5.75 Å². The molecule has 1 atom stereocenters. The molecule has 1 unspecified atom stereocenters. The molecule has 1 fully saturated rings. The number of carbonyl (C=O) groups is 1. The van der Waals surface area contributed by atoms with Crippen molar-refractivity contribution in [2.24, 2.45) is 0 Å². The highest BCUT2D eigenvalue weighted by Crippen LogP contribution is 2.24. The van der Waals surface area contributed by atoms with Gasteiger partial charge in [-0.25, -0.2) is 4.39 Å². The van der Waals surface area contributed by atoms with Crippen molar-refractivity contribution >= 4 is 5.91 Å². The molecule has 0 aromatic heterocycles. The van der Waals surface area contributed by atoms with Crippen LogP contribution in [0.3, 0.4) is 0 Å². The van der Waals surface area contributed by atoms with Gasteiger partial charge in [0.2, 0.25) is 0 Å². The van der Waals surface area contributed by atoms with Crippen LogP contribution in [0.4, 0.5) is 4.39 Å². The molecule has 1 saturated heterocycles. The predicted octanol–water partition coefficient (Wildman–Crippen LogP) is 4.71. The smallest absolute Gasteiger partial charge is 0.260 e. The lowest BCUT2D eigenvalue weighted by Gasteiger charge is -2.26. The lowest BCUT2D eigenvalue weighted by atomic mass is 9.87. The van der Waals surface area contributed by atoms with Gasteiger partial charge in [0, 0.05) is 25.3 Å². The zero-order valence-electron chi connectivity index (χ0n) is 17.5. The van der Waals surface area contributed by atoms with Crippen LogP contribution in [-0.2, 0) is 21.5 Å². The molecule has 0 radical (unpaired) electrons. The van der Waals surface area contributed by atoms with E-state index in [0.717, 1.165) is 12.8 Å². The first-order chi connectivity index (χ1) is 13.8. The van der Waals surface area contributed by atoms with Crippen molar-refractivity contribution in [1.82, 2.24) is 4.90 Å². The minimum absolute atomic E-state index is 0.00297. The molecule has 1 aliphatic heterocycles. The first kappa shape index (κ1) is 21.3. The second kappa shape index (κ2) is 9.40. The first-order valence-electron chi connectivity index (χ1n) is 10.2. The van der Waals surface area contributed by atoms with Crippen molar-refractivity contribution in [2.45, 2.75) is 51.7 Å². The molecule has 156 valence electrons. The molecule has 5 heteroatoms. The third kappa shape index (κ3) is 6.04. The monoisotopic (exact) mass is 399 g/mol. The average Bonchev–Trinajstić information content (AvgIpc) is 3.20. The van der Waals surface area contributed by atoms with Gasteiger partial charge in [0.1, 0.15) is 11.6 Å². The standard InChI is InChI=1S/C24H30FNO3/c1-24(2,3)19-10-12-20(13-11-19)29-17-23(27)26(16-21-8-6-14-28-21)15-18-7-4-5-9-22(18)25/h4-5,7,9-13,21H,6,8,14-17H2,1-3H3. The van der Waals surface area contributed by atoms with Crippen LogP contribution in [0, 0.1) is 5.82 Å². The highest BCUT2D eigenvalue weighted by atomic mass is 19.1. The maximum atomic E-state index is 14.1. The highest BCUT2D eigenvalue weighted by Gasteiger charge is 2.24. The number of nitrogens with zero attached hydrogens (tertiary/aromatic N) is 1. The lowest BCUT2D eigenvalue weighted by Crippen LogP contribution is -2.39. The molecule has 3 rings (SSSR count). The Kier molecular flexibility index (Phi) is 6.91. The number of halogens is 1. The van der Waals surface area contributed by atoms with Crippen LogP contribution in [0.25, 0.3) is 0 Å². The number of amides is 1. The minimum Gasteiger partial charge on any atom is -0.484 e. The van der Waals surface area contributed by atoms with Gasteiger partial charge in [-0.3, -0.25) is 4.79 Å². The zero-order chi connectivity index (χ0) is 20.9. The van der Waals surface area contributed by atoms with Gasteiger partial charge in [-0.05, 0) is 42.0 Å². The second-order valence-corrected chi connectivity index (χ2v) is 8.56. The zero-order valence-corrected chi connectivity index (χ0v) is 17.5. The van der Waals surface area contributed by atoms with Gasteiger partial charge in [0.15, 0.2) is 6.61 Å². The van der Waals surface area contributed by atoms with E-state index in [1.54, 1.807) is 23.1 Å². The molecule has 0 saturated carbocycles. The Labute approximate surface area is 172 Å². The predicted molar refractivity (Wildman–Crippen MR) is 111 cm³/mol. The fraction of sp³-hybridized carbons (Fsp3) is 0.458. The summed E-state index contributed by atoms with van der Waals surface area (Å²) in [5, 5.41) is 0. The van der Waals surface area contributed by atoms with Gasteiger partial charge in [0.05, 0.1) is 6.10 Å². The van der Waals surface area contributed by atoms with E-state index >= 15 is 0 Å². The molecular formula is C24H30FNO3. The fourth-order valence-corrected chi connectivity index (χ4v) is 3.41. The van der Waals surface area contributed by atoms with Crippen molar-refractivity contribution < 1.29 is 18.7 Å². The van der Waals surface area contributed by atoms with E-state index in [0.29, 0.717) is 24.5 Å². The first-order valence-corrected chi connectivity index (χ1v) is 10.2. The molecular weight excluding hydrogens is 369 g/mol. The average molecular weight is 400 g/mol. The molecule has 2 aromatic carbocycles. The highest BCUT2D eigenvalue weighted by molar-refractivity contribution is 5.77. The van der Waals surface area contributed by atoms with Gasteiger partial charge in [-0.15, -0.1) is 0 Å². The normalized spacial score (nSPS) is 16.6. The van der Waals surface area contributed by atoms with E-state index in [-0.39, 0.29) is 36.4 Å². The van der Waals surface area contributed by atoms with Gasteiger partial charge >= 0.3 is 0 Å². The summed E-state index contributed by atoms with van der Waals surface area (Å²) in [6, 6.07) is 14.3. The van der Waals surface area contributed by atoms with E-state index in [1.807, 2.05) is 24.3 Å². The Hall–Kier alpha value is -2.40. The molecule has 0 bridgehead atoms. The number of ether oxygens (including phenoxy) is 2. The van der Waals surface area contributed by atoms with E-state index in [1.165, 1.54) is 11.6 Å². The Morgan fingerprint density at radius 1 is 1.17 bits per heavy atom. The third-order valence-electron chi connectivity index (χ3n) is 5.20. The van der Waals surface area contributed by atoms with Crippen LogP contribution in [0.1, 0.15) is 44.7 Å². The molecule has 4 nitrogen and oxygen atoms in total. The lowest BCUT2D eigenvalue weighted by molar-refractivity contribution is -0.135. The number of carbonyl (C=O) groups excluding carboxylic acids is 1. The SMILES string of the molecule is CC(C)(C)c1ccc(OCC(=O)N(Cc2ccccc2F)CC2CCCO2)cc1. The van der Waals surface area contributed by atoms with Crippen LogP contribution < -0.4 is 4.74 Å². The minimum atomic E-state index is -0.309. The van der Waals surface area contributed by atoms with Crippen molar-refractivity contribution in [1.29, 1.82) is 0 Å². The van der Waals surface area contributed by atoms with Crippen molar-refractivity contribution in [3.63, 3.8) is 0 Å². The Morgan fingerprint density at radius 3 is 2.52 bits per heavy atom. The number of benzene rings is 2. The van der Waals surface area contributed by atoms with Crippen LogP contribution in [-0.4, -0.2) is 36.7 Å². The summed E-state index contributed by atoms with van der Waals surface area (Å²) in [5.74, 6) is 0.161. The summed E-state index contributed by atoms with van der Waals surface area (Å²) in [6.07, 6.45) is 1.90. The Bertz CT molecular complexity index is 808. The fourth-order valence-electron chi connectivity index (χ4n) is 3.41. The molecule has 0 N–H and O–H groups in total. The molecule has 0 spiro atoms. The maximum Gasteiger partial charge on any atom is 0.260 e. The van der Waals surface area contributed by atoms with Crippen LogP contribution in [0.15, 0.2) is 48.5 Å². The van der Waals surface area contributed by atoms with Gasteiger partial charge in [-0.2, -0.15) is 0 Å². The molecule has 1 heterocycles. The quantitative estimate of drug-likeness (QED) is 0.677. The molecule has 29 heavy (non-hydrogen) atoms. The Balaban J connectivity index is 1.64. The summed E-state index contributed by atoms with van der Waals surface area (Å²) >= 11 is 0. The van der Waals surface area contributed by atoms with E-state index in [4.69, 9.17) is 9.47 Å². The maximum absolute atomic E-state index is 14.1. The molecule has 2 aromatic rings. The molecule has 1 amide bonds. The summed E-state index contributed by atoms with van der Waals surface area (Å²) < 4.78 is 25.5. The van der Waals surface area contributed by atoms with E-state index in [2.05, 4.69) is 20.8 Å². The van der Waals surface area contributed by atoms with E-state index < -0.39 is 0 Å². The van der Waals surface area contributed by atoms with Gasteiger partial charge < -0.3 is 14.4 Å². The summed E-state index contributed by atoms with van der Waals surface area (Å²) in [4.78, 5) is 14.5. The number of hydrogen-bond acceptors (Lipinski definition) is 3. The molecule has 1 aliphatic rings. The van der Waals surface area contributed by atoms with Crippen LogP contribution >= 0.6 is 0 Å². The van der Waals surface area contributed by atoms with Gasteiger partial charge in [0.25, 0.3) is 5.91 Å². The van der Waals surface area contributed by atoms with Crippen LogP contribution in [0.2, 0.25) is 0 Å². The second-order valence-electron chi connectivity index (χ2n) is 8.56. The van der Waals surface area contributed by atoms with Crippen LogP contribution in [0.5, 0.6) is 5.75 Å². The summed E-state index contributed by atoms with van der Waals surface area (Å²) in [7, 11) is 0. The largest absolute Gasteiger partial charge is 0.484 e. The topological polar surface area (TPSA) is 38.8 Å². The van der Waals surface area contributed by atoms with Gasteiger partial charge in [-0.1, -0.05) is 51.1 Å². The van der Waals surface area contributed by atoms with E-state index in [9.17, 15) is 9.18 Å². The Morgan fingerprint density at radius 2 is 1.90 bits per heavy atom. The summed E-state index contributed by atoms with van der Waals surface area (Å²) in [6.45, 7) is 7.73. The van der Waals surface area contributed by atoms with Crippen molar-refractivity contribution in [3.05, 3.63) is 65.5 Å². The van der Waals surface area contributed by atoms with Crippen molar-refractivity contribution in [2.75, 3.05) is 19.8 Å². The number of hydrogen-bond donors (Lipinski definition) is 0. The molecule has 0 aliphatic carbocycles. The third-order valence-corrected chi connectivity index (χ3v) is 5.20. The summed E-state index contributed by atoms with van der Waals surface area (Å²) in [5.41, 5.74) is 1.76. The number of rotatable bonds is 7.